The van der Waals surface area contributed by atoms with Crippen LogP contribution in [0.3, 0.4) is 0 Å². The van der Waals surface area contributed by atoms with Crippen LogP contribution in [-0.4, -0.2) is 89.1 Å². The fourth-order valence-corrected chi connectivity index (χ4v) is 6.86. The van der Waals surface area contributed by atoms with Crippen molar-refractivity contribution in [1.29, 1.82) is 0 Å². The Morgan fingerprint density at radius 2 is 1.93 bits per heavy atom. The van der Waals surface area contributed by atoms with Crippen molar-refractivity contribution in [2.45, 2.75) is 68.9 Å². The van der Waals surface area contributed by atoms with Gasteiger partial charge in [-0.25, -0.2) is 0 Å². The van der Waals surface area contributed by atoms with Gasteiger partial charge in [0, 0.05) is 37.6 Å². The molecular formula is C17H33BN4O6S. The monoisotopic (exact) mass is 432 g/mol. The topological polar surface area (TPSA) is 156 Å². The van der Waals surface area contributed by atoms with Crippen molar-refractivity contribution in [3.63, 3.8) is 0 Å². The molecular weight excluding hydrogens is 399 g/mol. The Balaban J connectivity index is 1.79. The molecule has 3 aliphatic rings. The average molecular weight is 432 g/mol. The molecule has 1 unspecified atom stereocenters. The van der Waals surface area contributed by atoms with E-state index in [1.807, 2.05) is 0 Å². The van der Waals surface area contributed by atoms with Crippen LogP contribution in [0, 0.1) is 5.92 Å². The van der Waals surface area contributed by atoms with Crippen LogP contribution < -0.4 is 11.1 Å². The van der Waals surface area contributed by atoms with Gasteiger partial charge in [0.25, 0.3) is 10.2 Å². The third-order valence-corrected chi connectivity index (χ3v) is 8.72. The minimum atomic E-state index is -3.85. The van der Waals surface area contributed by atoms with Crippen LogP contribution in [0.2, 0.25) is 6.32 Å². The minimum Gasteiger partial charge on any atom is -0.480 e. The van der Waals surface area contributed by atoms with E-state index in [1.54, 1.807) is 4.31 Å². The van der Waals surface area contributed by atoms with Gasteiger partial charge in [-0.15, -0.1) is 0 Å². The summed E-state index contributed by atoms with van der Waals surface area (Å²) in [5, 5.41) is 31.1. The average Bonchev–Trinajstić information content (AvgIpc) is 2.97. The summed E-state index contributed by atoms with van der Waals surface area (Å²) < 4.78 is 30.1. The van der Waals surface area contributed by atoms with E-state index >= 15 is 0 Å². The molecule has 3 rings (SSSR count). The number of hydrogen-bond donors (Lipinski definition) is 5. The fraction of sp³-hybridized carbons (Fsp3) is 0.941. The van der Waals surface area contributed by atoms with E-state index in [9.17, 15) is 18.3 Å². The lowest BCUT2D eigenvalue weighted by molar-refractivity contribution is -0.144. The number of rotatable bonds is 9. The maximum atomic E-state index is 13.6. The molecule has 6 N–H and O–H groups in total. The first-order valence-corrected chi connectivity index (χ1v) is 11.9. The first kappa shape index (κ1) is 22.9. The molecule has 0 radical (unpaired) electrons. The Hall–Kier alpha value is -0.755. The highest BCUT2D eigenvalue weighted by Gasteiger charge is 2.54. The van der Waals surface area contributed by atoms with Gasteiger partial charge >= 0.3 is 13.1 Å². The normalized spacial score (nSPS) is 31.7. The SMILES string of the molecule is N[C@@]1(C(=O)O)CN(S(=O)(=O)N(C2CCC2)C2CCCNC2)C[C@@H]1CCCB(O)O. The van der Waals surface area contributed by atoms with Gasteiger partial charge in [0.2, 0.25) is 0 Å². The maximum Gasteiger partial charge on any atom is 0.451 e. The Morgan fingerprint density at radius 1 is 1.24 bits per heavy atom. The summed E-state index contributed by atoms with van der Waals surface area (Å²) in [6.45, 7) is 1.26. The molecule has 0 spiro atoms. The van der Waals surface area contributed by atoms with E-state index in [1.165, 1.54) is 4.31 Å². The van der Waals surface area contributed by atoms with E-state index in [0.29, 0.717) is 19.4 Å². The van der Waals surface area contributed by atoms with Gasteiger partial charge < -0.3 is 26.2 Å². The molecule has 29 heavy (non-hydrogen) atoms. The van der Waals surface area contributed by atoms with E-state index < -0.39 is 34.8 Å². The van der Waals surface area contributed by atoms with Crippen LogP contribution in [0.15, 0.2) is 0 Å². The molecule has 2 heterocycles. The summed E-state index contributed by atoms with van der Waals surface area (Å²) in [5.74, 6) is -1.81. The highest BCUT2D eigenvalue weighted by molar-refractivity contribution is 7.86. The van der Waals surface area contributed by atoms with Crippen molar-refractivity contribution >= 4 is 23.3 Å². The van der Waals surface area contributed by atoms with Crippen LogP contribution in [0.5, 0.6) is 0 Å². The summed E-state index contributed by atoms with van der Waals surface area (Å²) in [4.78, 5) is 11.9. The number of nitrogens with zero attached hydrogens (tertiary/aromatic N) is 2. The summed E-state index contributed by atoms with van der Waals surface area (Å²) in [5.41, 5.74) is 4.51. The van der Waals surface area contributed by atoms with Crippen molar-refractivity contribution in [3.05, 3.63) is 0 Å². The van der Waals surface area contributed by atoms with E-state index in [4.69, 9.17) is 15.8 Å². The lowest BCUT2D eigenvalue weighted by atomic mass is 9.78. The van der Waals surface area contributed by atoms with Crippen molar-refractivity contribution < 1.29 is 28.4 Å². The second-order valence-electron chi connectivity index (χ2n) is 8.67. The van der Waals surface area contributed by atoms with Gasteiger partial charge in [-0.3, -0.25) is 4.79 Å². The van der Waals surface area contributed by atoms with Gasteiger partial charge in [-0.1, -0.05) is 12.8 Å². The van der Waals surface area contributed by atoms with Crippen molar-refractivity contribution in [3.8, 4) is 0 Å². The molecule has 3 fully saturated rings. The quantitative estimate of drug-likeness (QED) is 0.285. The zero-order valence-corrected chi connectivity index (χ0v) is 17.6. The van der Waals surface area contributed by atoms with Crippen LogP contribution >= 0.6 is 0 Å². The summed E-state index contributed by atoms with van der Waals surface area (Å²) in [7, 11) is -5.33. The first-order valence-electron chi connectivity index (χ1n) is 10.5. The molecule has 0 aromatic rings. The highest BCUT2D eigenvalue weighted by Crippen LogP contribution is 2.37. The molecule has 2 saturated heterocycles. The lowest BCUT2D eigenvalue weighted by Gasteiger charge is -2.44. The Morgan fingerprint density at radius 3 is 2.45 bits per heavy atom. The second-order valence-corrected chi connectivity index (χ2v) is 10.5. The van der Waals surface area contributed by atoms with Crippen molar-refractivity contribution in [2.24, 2.45) is 11.7 Å². The summed E-state index contributed by atoms with van der Waals surface area (Å²) >= 11 is 0. The fourth-order valence-electron chi connectivity index (χ4n) is 4.71. The molecule has 3 atom stereocenters. The number of carboxylic acids is 1. The summed E-state index contributed by atoms with van der Waals surface area (Å²) in [6.07, 6.45) is 5.14. The van der Waals surface area contributed by atoms with Crippen LogP contribution in [-0.2, 0) is 15.0 Å². The van der Waals surface area contributed by atoms with E-state index in [0.717, 1.165) is 38.6 Å². The van der Waals surface area contributed by atoms with E-state index in [2.05, 4.69) is 5.32 Å². The van der Waals surface area contributed by atoms with Gasteiger partial charge in [0.05, 0.1) is 0 Å². The van der Waals surface area contributed by atoms with Crippen LogP contribution in [0.4, 0.5) is 0 Å². The zero-order chi connectivity index (χ0) is 21.2. The van der Waals surface area contributed by atoms with Crippen molar-refractivity contribution in [1.82, 2.24) is 13.9 Å². The number of aliphatic carboxylic acids is 1. The molecule has 10 nitrogen and oxygen atoms in total. The molecule has 1 saturated carbocycles. The van der Waals surface area contributed by atoms with Gasteiger partial charge in [0.15, 0.2) is 0 Å². The molecule has 2 aliphatic heterocycles. The smallest absolute Gasteiger partial charge is 0.451 e. The van der Waals surface area contributed by atoms with Crippen LogP contribution in [0.25, 0.3) is 0 Å². The van der Waals surface area contributed by atoms with Gasteiger partial charge in [-0.2, -0.15) is 17.0 Å². The number of carboxylic acid groups (broad SMARTS) is 1. The standard InChI is InChI=1S/C17H33BN4O6S/c19-17(16(23)24)12-21(11-13(17)4-2-8-18(25)26)29(27,28)22(14-5-1-6-14)15-7-3-9-20-10-15/h13-15,20,25-26H,1-12,19H2,(H,23,24)/t13-,15?,17-/m0/s1. The minimum absolute atomic E-state index is 0.0366. The zero-order valence-electron chi connectivity index (χ0n) is 16.7. The van der Waals surface area contributed by atoms with Crippen LogP contribution in [0.1, 0.15) is 44.9 Å². The molecule has 12 heteroatoms. The lowest BCUT2D eigenvalue weighted by Crippen LogP contribution is -2.59. The predicted molar refractivity (Wildman–Crippen MR) is 108 cm³/mol. The predicted octanol–water partition coefficient (Wildman–Crippen LogP) is -1.20. The van der Waals surface area contributed by atoms with Gasteiger partial charge in [-0.05, 0) is 45.0 Å². The van der Waals surface area contributed by atoms with Crippen molar-refractivity contribution in [2.75, 3.05) is 26.2 Å². The first-order chi connectivity index (χ1) is 13.7. The third kappa shape index (κ3) is 4.78. The van der Waals surface area contributed by atoms with Gasteiger partial charge in [0.1, 0.15) is 5.54 Å². The Kier molecular flexibility index (Phi) is 7.25. The Labute approximate surface area is 172 Å². The third-order valence-electron chi connectivity index (χ3n) is 6.66. The molecule has 0 aromatic heterocycles. The molecule has 166 valence electrons. The maximum absolute atomic E-state index is 13.6. The second kappa shape index (κ2) is 9.17. The van der Waals surface area contributed by atoms with E-state index in [-0.39, 0.29) is 31.5 Å². The molecule has 1 aliphatic carbocycles. The number of carbonyl (C=O) groups is 1. The number of piperidine rings is 1. The summed E-state index contributed by atoms with van der Waals surface area (Å²) in [6, 6.07) is -0.162. The molecule has 0 aromatic carbocycles. The molecule has 0 bridgehead atoms. The number of hydrogen-bond acceptors (Lipinski definition) is 7. The Bertz CT molecular complexity index is 685. The molecule has 0 amide bonds. The number of nitrogens with one attached hydrogen (secondary N) is 1. The highest BCUT2D eigenvalue weighted by atomic mass is 32.2. The number of nitrogens with two attached hydrogens (primary N) is 1. The largest absolute Gasteiger partial charge is 0.480 e.